The summed E-state index contributed by atoms with van der Waals surface area (Å²) in [4.78, 5) is 40.4. The molecule has 0 unspecified atom stereocenters. The number of amides is 4. The maximum atomic E-state index is 13.3. The highest BCUT2D eigenvalue weighted by Crippen LogP contribution is 2.37. The number of nitrogens with one attached hydrogen (secondary N) is 3. The van der Waals surface area contributed by atoms with Crippen LogP contribution < -0.4 is 16.0 Å². The number of piperazine rings is 1. The summed E-state index contributed by atoms with van der Waals surface area (Å²) < 4.78 is 0. The van der Waals surface area contributed by atoms with Gasteiger partial charge in [-0.1, -0.05) is 50.0 Å². The molecular formula is C21H24Cl2N4O3S. The largest absolute Gasteiger partial charge is 0.353 e. The molecule has 1 fully saturated rings. The molecule has 1 aromatic heterocycles. The third-order valence-electron chi connectivity index (χ3n) is 4.89. The summed E-state index contributed by atoms with van der Waals surface area (Å²) >= 11 is 13.5. The van der Waals surface area contributed by atoms with Crippen molar-refractivity contribution in [2.24, 2.45) is 0 Å². The zero-order valence-corrected chi connectivity index (χ0v) is 20.0. The van der Waals surface area contributed by atoms with Gasteiger partial charge < -0.3 is 15.5 Å². The third-order valence-corrected chi connectivity index (χ3v) is 7.18. The number of benzene rings is 1. The molecule has 3 N–H and O–H groups in total. The fourth-order valence-corrected chi connectivity index (χ4v) is 4.53. The van der Waals surface area contributed by atoms with Gasteiger partial charge in [0.2, 0.25) is 5.91 Å². The van der Waals surface area contributed by atoms with Crippen molar-refractivity contribution in [3.8, 4) is 0 Å². The Kier molecular flexibility index (Phi) is 6.83. The van der Waals surface area contributed by atoms with E-state index in [1.54, 1.807) is 31.2 Å². The van der Waals surface area contributed by atoms with E-state index in [1.165, 1.54) is 16.2 Å². The number of nitrogens with zero attached hydrogens (tertiary/aromatic N) is 1. The van der Waals surface area contributed by atoms with Gasteiger partial charge in [-0.15, -0.1) is 11.3 Å². The molecule has 1 aromatic carbocycles. The fraction of sp³-hybridized carbons (Fsp3) is 0.381. The van der Waals surface area contributed by atoms with Gasteiger partial charge >= 0.3 is 6.03 Å². The number of carbonyl (C=O) groups is 3. The summed E-state index contributed by atoms with van der Waals surface area (Å²) in [5, 5.41) is 9.12. The van der Waals surface area contributed by atoms with Crippen molar-refractivity contribution in [3.63, 3.8) is 0 Å². The Morgan fingerprint density at radius 2 is 1.94 bits per heavy atom. The third kappa shape index (κ3) is 5.14. The second-order valence-corrected chi connectivity index (χ2v) is 10.1. The quantitative estimate of drug-likeness (QED) is 0.577. The van der Waals surface area contributed by atoms with E-state index in [-0.39, 0.29) is 22.3 Å². The normalized spacial score (nSPS) is 16.6. The van der Waals surface area contributed by atoms with Crippen LogP contribution in [0.2, 0.25) is 10.0 Å². The van der Waals surface area contributed by atoms with E-state index in [4.69, 9.17) is 23.2 Å². The van der Waals surface area contributed by atoms with Crippen molar-refractivity contribution in [1.82, 2.24) is 10.2 Å². The first-order valence-corrected chi connectivity index (χ1v) is 11.3. The van der Waals surface area contributed by atoms with Crippen LogP contribution in [0.15, 0.2) is 24.3 Å². The number of carbonyl (C=O) groups excluding carboxylic acids is 3. The lowest BCUT2D eigenvalue weighted by Gasteiger charge is -2.32. The highest BCUT2D eigenvalue weighted by atomic mass is 35.5. The maximum absolute atomic E-state index is 13.3. The van der Waals surface area contributed by atoms with Crippen molar-refractivity contribution in [2.75, 3.05) is 23.7 Å². The molecule has 166 valence electrons. The van der Waals surface area contributed by atoms with E-state index in [2.05, 4.69) is 16.0 Å². The van der Waals surface area contributed by atoms with E-state index in [9.17, 15) is 14.4 Å². The van der Waals surface area contributed by atoms with Crippen LogP contribution in [0.4, 0.5) is 15.5 Å². The lowest BCUT2D eigenvalue weighted by molar-refractivity contribution is -0.127. The van der Waals surface area contributed by atoms with Crippen LogP contribution in [-0.2, 0) is 10.2 Å². The molecular weight excluding hydrogens is 459 g/mol. The van der Waals surface area contributed by atoms with Crippen molar-refractivity contribution in [2.45, 2.75) is 39.2 Å². The molecule has 0 radical (unpaired) electrons. The van der Waals surface area contributed by atoms with E-state index >= 15 is 0 Å². The van der Waals surface area contributed by atoms with Gasteiger partial charge in [0.05, 0.1) is 21.3 Å². The second kappa shape index (κ2) is 9.06. The van der Waals surface area contributed by atoms with Gasteiger partial charge in [-0.3, -0.25) is 14.9 Å². The Morgan fingerprint density at radius 1 is 1.23 bits per heavy atom. The van der Waals surface area contributed by atoms with Crippen molar-refractivity contribution < 1.29 is 14.4 Å². The van der Waals surface area contributed by atoms with Gasteiger partial charge in [-0.25, -0.2) is 4.79 Å². The van der Waals surface area contributed by atoms with Gasteiger partial charge in [0.1, 0.15) is 11.0 Å². The zero-order chi connectivity index (χ0) is 22.9. The molecule has 2 heterocycles. The number of rotatable bonds is 3. The average molecular weight is 483 g/mol. The van der Waals surface area contributed by atoms with Gasteiger partial charge in [0.25, 0.3) is 5.91 Å². The van der Waals surface area contributed by atoms with E-state index in [1.807, 2.05) is 20.8 Å². The summed E-state index contributed by atoms with van der Waals surface area (Å²) in [6.45, 7) is 8.56. The molecule has 10 heteroatoms. The summed E-state index contributed by atoms with van der Waals surface area (Å²) in [5.74, 6) is -0.501. The first kappa shape index (κ1) is 23.4. The van der Waals surface area contributed by atoms with Crippen molar-refractivity contribution in [1.29, 1.82) is 0 Å². The molecule has 4 amide bonds. The number of anilines is 2. The number of hydrogen-bond acceptors (Lipinski definition) is 4. The molecule has 1 saturated heterocycles. The van der Waals surface area contributed by atoms with Crippen molar-refractivity contribution in [3.05, 3.63) is 44.8 Å². The molecule has 2 aromatic rings. The molecule has 3 rings (SSSR count). The van der Waals surface area contributed by atoms with E-state index < -0.39 is 12.1 Å². The minimum absolute atomic E-state index is 0.200. The zero-order valence-electron chi connectivity index (χ0n) is 17.6. The Balaban J connectivity index is 1.89. The maximum Gasteiger partial charge on any atom is 0.324 e. The Labute approximate surface area is 195 Å². The fourth-order valence-electron chi connectivity index (χ4n) is 3.08. The highest BCUT2D eigenvalue weighted by Gasteiger charge is 2.33. The van der Waals surface area contributed by atoms with E-state index in [0.717, 1.165) is 4.88 Å². The number of hydrogen-bond donors (Lipinski definition) is 3. The second-order valence-electron chi connectivity index (χ2n) is 8.25. The summed E-state index contributed by atoms with van der Waals surface area (Å²) in [7, 11) is 0. The lowest BCUT2D eigenvalue weighted by Crippen LogP contribution is -2.55. The van der Waals surface area contributed by atoms with Crippen LogP contribution in [-0.4, -0.2) is 41.9 Å². The monoisotopic (exact) mass is 482 g/mol. The SMILES string of the molecule is C[C@H]1C(=O)NCCN1C(=O)c1cc(C(C)(C)C)sc1NC(=O)Nc1cccc(Cl)c1Cl. The molecule has 31 heavy (non-hydrogen) atoms. The smallest absolute Gasteiger partial charge is 0.324 e. The van der Waals surface area contributed by atoms with Gasteiger partial charge in [0, 0.05) is 18.0 Å². The molecule has 1 aliphatic heterocycles. The van der Waals surface area contributed by atoms with Gasteiger partial charge in [0.15, 0.2) is 0 Å². The first-order chi connectivity index (χ1) is 14.5. The van der Waals surface area contributed by atoms with Crippen LogP contribution in [0, 0.1) is 0 Å². The van der Waals surface area contributed by atoms with Crippen LogP contribution in [0.3, 0.4) is 0 Å². The minimum atomic E-state index is -0.591. The van der Waals surface area contributed by atoms with Crippen molar-refractivity contribution >= 4 is 63.1 Å². The van der Waals surface area contributed by atoms with Gasteiger partial charge in [-0.2, -0.15) is 0 Å². The van der Waals surface area contributed by atoms with Crippen LogP contribution in [0.1, 0.15) is 42.9 Å². The molecule has 1 atom stereocenters. The lowest BCUT2D eigenvalue weighted by atomic mass is 9.94. The standard InChI is InChI=1S/C21H24Cl2N4O3S/c1-11-17(28)24-8-9-27(11)19(29)12-10-15(21(2,3)4)31-18(12)26-20(30)25-14-7-5-6-13(22)16(14)23/h5-7,10-11H,8-9H2,1-4H3,(H,24,28)(H2,25,26,30)/t11-/m0/s1. The Morgan fingerprint density at radius 3 is 2.61 bits per heavy atom. The predicted molar refractivity (Wildman–Crippen MR) is 126 cm³/mol. The van der Waals surface area contributed by atoms with E-state index in [0.29, 0.717) is 34.4 Å². The average Bonchev–Trinajstić information content (AvgIpc) is 3.11. The molecule has 0 saturated carbocycles. The molecule has 0 bridgehead atoms. The Bertz CT molecular complexity index is 1030. The molecule has 0 aliphatic carbocycles. The topological polar surface area (TPSA) is 90.5 Å². The van der Waals surface area contributed by atoms with Crippen LogP contribution in [0.5, 0.6) is 0 Å². The minimum Gasteiger partial charge on any atom is -0.353 e. The molecule has 7 nitrogen and oxygen atoms in total. The summed E-state index contributed by atoms with van der Waals surface area (Å²) in [6.07, 6.45) is 0. The van der Waals surface area contributed by atoms with Crippen LogP contribution in [0.25, 0.3) is 0 Å². The Hall–Kier alpha value is -2.29. The summed E-state index contributed by atoms with van der Waals surface area (Å²) in [6, 6.07) is 5.56. The molecule has 0 spiro atoms. The number of urea groups is 1. The number of thiophene rings is 1. The predicted octanol–water partition coefficient (Wildman–Crippen LogP) is 4.96. The number of halogens is 2. The molecule has 1 aliphatic rings. The van der Waals surface area contributed by atoms with Gasteiger partial charge in [-0.05, 0) is 30.5 Å². The van der Waals surface area contributed by atoms with Crippen LogP contribution >= 0.6 is 34.5 Å². The highest BCUT2D eigenvalue weighted by molar-refractivity contribution is 7.16. The first-order valence-electron chi connectivity index (χ1n) is 9.74. The summed E-state index contributed by atoms with van der Waals surface area (Å²) in [5.41, 5.74) is 0.481.